The van der Waals surface area contributed by atoms with Gasteiger partial charge in [0.25, 0.3) is 0 Å². The third-order valence-electron chi connectivity index (χ3n) is 8.19. The fourth-order valence-corrected chi connectivity index (χ4v) is 6.05. The first-order chi connectivity index (χ1) is 18.8. The van der Waals surface area contributed by atoms with Gasteiger partial charge in [0.2, 0.25) is 17.7 Å². The Hall–Kier alpha value is -3.35. The lowest BCUT2D eigenvalue weighted by atomic mass is 9.83. The first kappa shape index (κ1) is 29.6. The molecule has 2 aromatic carbocycles. The van der Waals surface area contributed by atoms with Crippen LogP contribution in [0.2, 0.25) is 0 Å². The summed E-state index contributed by atoms with van der Waals surface area (Å²) >= 11 is 0. The monoisotopic (exact) mass is 545 g/mol. The molecule has 1 radical (unpaired) electrons. The molecular formula is C33H45N4O3. The molecule has 40 heavy (non-hydrogen) atoms. The van der Waals surface area contributed by atoms with Crippen LogP contribution in [0.25, 0.3) is 0 Å². The Balaban J connectivity index is 1.63. The normalized spacial score (nSPS) is 20.2. The van der Waals surface area contributed by atoms with E-state index < -0.39 is 17.5 Å². The molecule has 1 aliphatic carbocycles. The number of aryl methyl sites for hydroxylation is 1. The van der Waals surface area contributed by atoms with Gasteiger partial charge in [-0.05, 0) is 71.4 Å². The number of nitrogens with zero attached hydrogens (tertiary/aromatic N) is 1. The molecule has 215 valence electrons. The average Bonchev–Trinajstić information content (AvgIpc) is 2.89. The zero-order valence-corrected chi connectivity index (χ0v) is 24.8. The second-order valence-corrected chi connectivity index (χ2v) is 13.0. The summed E-state index contributed by atoms with van der Waals surface area (Å²) in [7, 11) is 0. The lowest BCUT2D eigenvalue weighted by Gasteiger charge is -2.42. The van der Waals surface area contributed by atoms with Crippen LogP contribution in [0.4, 0.5) is 5.69 Å². The number of nitrogens with two attached hydrogens (primary N) is 1. The minimum Gasteiger partial charge on any atom is -0.399 e. The Morgan fingerprint density at radius 2 is 1.77 bits per heavy atom. The molecule has 4 N–H and O–H groups in total. The fourth-order valence-electron chi connectivity index (χ4n) is 6.05. The zero-order valence-electron chi connectivity index (χ0n) is 24.8. The summed E-state index contributed by atoms with van der Waals surface area (Å²) in [5.74, 6) is 0.335. The molecule has 4 rings (SSSR count). The third kappa shape index (κ3) is 6.68. The van der Waals surface area contributed by atoms with Gasteiger partial charge in [0, 0.05) is 24.6 Å². The lowest BCUT2D eigenvalue weighted by Crippen LogP contribution is -2.61. The Morgan fingerprint density at radius 1 is 1.05 bits per heavy atom. The summed E-state index contributed by atoms with van der Waals surface area (Å²) in [6.45, 7) is 12.0. The van der Waals surface area contributed by atoms with Crippen LogP contribution < -0.4 is 16.4 Å². The van der Waals surface area contributed by atoms with Crippen LogP contribution in [0.15, 0.2) is 42.5 Å². The molecule has 4 atom stereocenters. The Morgan fingerprint density at radius 3 is 2.48 bits per heavy atom. The minimum absolute atomic E-state index is 0.0882. The van der Waals surface area contributed by atoms with Crippen LogP contribution in [0, 0.1) is 17.3 Å². The van der Waals surface area contributed by atoms with E-state index in [0.717, 1.165) is 41.9 Å². The van der Waals surface area contributed by atoms with Gasteiger partial charge in [0.05, 0.1) is 6.04 Å². The molecule has 3 amide bonds. The van der Waals surface area contributed by atoms with Gasteiger partial charge in [-0.3, -0.25) is 14.4 Å². The van der Waals surface area contributed by atoms with Gasteiger partial charge >= 0.3 is 0 Å². The molecule has 0 fully saturated rings. The van der Waals surface area contributed by atoms with E-state index in [1.165, 1.54) is 5.56 Å². The summed E-state index contributed by atoms with van der Waals surface area (Å²) in [5, 5.41) is 6.33. The van der Waals surface area contributed by atoms with Crippen molar-refractivity contribution in [3.05, 3.63) is 70.6 Å². The first-order valence-corrected chi connectivity index (χ1v) is 14.5. The zero-order chi connectivity index (χ0) is 29.2. The largest absolute Gasteiger partial charge is 0.399 e. The van der Waals surface area contributed by atoms with Gasteiger partial charge < -0.3 is 21.3 Å². The summed E-state index contributed by atoms with van der Waals surface area (Å²) in [4.78, 5) is 43.1. The number of nitrogens with one attached hydrogen (secondary N) is 2. The number of benzene rings is 2. The van der Waals surface area contributed by atoms with Crippen molar-refractivity contribution in [3.63, 3.8) is 0 Å². The van der Waals surface area contributed by atoms with Crippen molar-refractivity contribution in [2.75, 3.05) is 5.73 Å². The van der Waals surface area contributed by atoms with Gasteiger partial charge in [-0.2, -0.15) is 0 Å². The molecule has 7 heteroatoms. The highest BCUT2D eigenvalue weighted by molar-refractivity contribution is 5.93. The van der Waals surface area contributed by atoms with Gasteiger partial charge in [0.1, 0.15) is 12.1 Å². The molecule has 0 spiro atoms. The molecule has 0 unspecified atom stereocenters. The van der Waals surface area contributed by atoms with Crippen molar-refractivity contribution in [1.29, 1.82) is 0 Å². The minimum atomic E-state index is -0.784. The Labute approximate surface area is 239 Å². The SMILES string of the molecule is C[C](C)C[C@H](C)C(=O)N[C@H](C(=O)N1Cc2cc(N)ccc2C[C@H]1C(=O)N[C@@H]1CCCc2ccccc21)C(C)(C)C. The summed E-state index contributed by atoms with van der Waals surface area (Å²) in [6, 6.07) is 12.4. The predicted octanol–water partition coefficient (Wildman–Crippen LogP) is 4.89. The predicted molar refractivity (Wildman–Crippen MR) is 159 cm³/mol. The molecule has 0 saturated carbocycles. The van der Waals surface area contributed by atoms with Crippen LogP contribution in [0.1, 0.15) is 89.1 Å². The van der Waals surface area contributed by atoms with Crippen molar-refractivity contribution in [1.82, 2.24) is 15.5 Å². The number of carbonyl (C=O) groups is 3. The Bertz CT molecular complexity index is 1250. The van der Waals surface area contributed by atoms with Gasteiger partial charge in [-0.1, -0.05) is 71.9 Å². The maximum Gasteiger partial charge on any atom is 0.246 e. The van der Waals surface area contributed by atoms with Crippen LogP contribution in [-0.4, -0.2) is 34.7 Å². The molecular weight excluding hydrogens is 500 g/mol. The summed E-state index contributed by atoms with van der Waals surface area (Å²) < 4.78 is 0. The second-order valence-electron chi connectivity index (χ2n) is 13.0. The van der Waals surface area contributed by atoms with Crippen LogP contribution in [0.5, 0.6) is 0 Å². The molecule has 0 saturated heterocycles. The molecule has 0 aromatic heterocycles. The highest BCUT2D eigenvalue weighted by Crippen LogP contribution is 2.32. The molecule has 0 bridgehead atoms. The van der Waals surface area contributed by atoms with E-state index >= 15 is 0 Å². The van der Waals surface area contributed by atoms with E-state index in [1.54, 1.807) is 4.90 Å². The highest BCUT2D eigenvalue weighted by atomic mass is 16.2. The second kappa shape index (κ2) is 12.0. The topological polar surface area (TPSA) is 105 Å². The van der Waals surface area contributed by atoms with Crippen molar-refractivity contribution in [3.8, 4) is 0 Å². The van der Waals surface area contributed by atoms with Crippen LogP contribution in [0.3, 0.4) is 0 Å². The van der Waals surface area contributed by atoms with Crippen LogP contribution in [-0.2, 0) is 33.8 Å². The maximum atomic E-state index is 14.3. The van der Waals surface area contributed by atoms with Gasteiger partial charge in [0.15, 0.2) is 0 Å². The maximum absolute atomic E-state index is 14.3. The number of hydrogen-bond acceptors (Lipinski definition) is 4. The third-order valence-corrected chi connectivity index (χ3v) is 8.19. The van der Waals surface area contributed by atoms with E-state index in [0.29, 0.717) is 18.5 Å². The van der Waals surface area contributed by atoms with Crippen molar-refractivity contribution < 1.29 is 14.4 Å². The van der Waals surface area contributed by atoms with Gasteiger partial charge in [-0.15, -0.1) is 0 Å². The number of nitrogen functional groups attached to an aromatic ring is 1. The molecule has 1 aliphatic heterocycles. The molecule has 7 nitrogen and oxygen atoms in total. The van der Waals surface area contributed by atoms with E-state index in [4.69, 9.17) is 5.73 Å². The number of fused-ring (bicyclic) bond motifs is 2. The van der Waals surface area contributed by atoms with Crippen molar-refractivity contribution in [2.45, 2.75) is 98.3 Å². The smallest absolute Gasteiger partial charge is 0.246 e. The first-order valence-electron chi connectivity index (χ1n) is 14.5. The molecule has 1 heterocycles. The number of anilines is 1. The average molecular weight is 546 g/mol. The Kier molecular flexibility index (Phi) is 8.91. The standard InChI is InChI=1S/C33H45N4O3/c1-20(2)16-21(3)30(38)36-29(33(4,5)6)32(40)37-19-24-17-25(34)15-14-23(24)18-28(37)31(39)35-27-13-9-11-22-10-7-8-12-26(22)27/h7-8,10,12,14-15,17,21,27-29H,9,11,13,16,18-19,34H2,1-6H3,(H,35,39)(H,36,38)/t21-,27+,28-,29+/m0/s1. The van der Waals surface area contributed by atoms with E-state index in [-0.39, 0.29) is 36.2 Å². The number of amides is 3. The summed E-state index contributed by atoms with van der Waals surface area (Å²) in [5.41, 5.74) is 10.5. The lowest BCUT2D eigenvalue weighted by molar-refractivity contribution is -0.147. The number of hydrogen-bond donors (Lipinski definition) is 3. The van der Waals surface area contributed by atoms with Crippen LogP contribution >= 0.6 is 0 Å². The van der Waals surface area contributed by atoms with E-state index in [1.807, 2.05) is 71.9 Å². The molecule has 2 aliphatic rings. The molecule has 2 aromatic rings. The van der Waals surface area contributed by atoms with Crippen molar-refractivity contribution >= 4 is 23.4 Å². The highest BCUT2D eigenvalue weighted by Gasteiger charge is 2.43. The number of rotatable bonds is 7. The fraction of sp³-hybridized carbons (Fsp3) is 0.515. The quantitative estimate of drug-likeness (QED) is 0.431. The summed E-state index contributed by atoms with van der Waals surface area (Å²) in [6.07, 6.45) is 3.92. The van der Waals surface area contributed by atoms with Gasteiger partial charge in [-0.25, -0.2) is 0 Å². The van der Waals surface area contributed by atoms with E-state index in [2.05, 4.69) is 22.8 Å². The number of carbonyl (C=O) groups excluding carboxylic acids is 3. The van der Waals surface area contributed by atoms with E-state index in [9.17, 15) is 14.4 Å². The van der Waals surface area contributed by atoms with Crippen molar-refractivity contribution in [2.24, 2.45) is 11.3 Å².